The molecule has 3 aromatic rings. The summed E-state index contributed by atoms with van der Waals surface area (Å²) in [4.78, 5) is 2.68. The number of hydrogen-bond acceptors (Lipinski definition) is 2. The van der Waals surface area contributed by atoms with Crippen molar-refractivity contribution in [3.05, 3.63) is 107 Å². The van der Waals surface area contributed by atoms with Crippen LogP contribution in [0.15, 0.2) is 84.9 Å². The molecule has 2 heteroatoms. The van der Waals surface area contributed by atoms with Gasteiger partial charge in [0.2, 0.25) is 0 Å². The molecule has 3 aliphatic carbocycles. The molecule has 2 nitrogen and oxygen atoms in total. The molecular weight excluding hydrogens is 378 g/mol. The van der Waals surface area contributed by atoms with Crippen molar-refractivity contribution in [1.82, 2.24) is 4.90 Å². The van der Waals surface area contributed by atoms with Gasteiger partial charge < -0.3 is 4.74 Å². The van der Waals surface area contributed by atoms with Crippen molar-refractivity contribution >= 4 is 5.57 Å². The molecule has 31 heavy (non-hydrogen) atoms. The fourth-order valence-electron chi connectivity index (χ4n) is 6.48. The van der Waals surface area contributed by atoms with Crippen molar-refractivity contribution in [2.75, 3.05) is 20.2 Å². The summed E-state index contributed by atoms with van der Waals surface area (Å²) in [7, 11) is 1.74. The Morgan fingerprint density at radius 3 is 2.42 bits per heavy atom. The molecule has 7 rings (SSSR count). The molecule has 4 aliphatic rings. The molecule has 1 aliphatic heterocycles. The van der Waals surface area contributed by atoms with Gasteiger partial charge in [0.05, 0.1) is 7.11 Å². The van der Waals surface area contributed by atoms with Crippen LogP contribution in [0.1, 0.15) is 46.9 Å². The lowest BCUT2D eigenvalue weighted by Gasteiger charge is -2.51. The van der Waals surface area contributed by atoms with Crippen LogP contribution in [0, 0.1) is 5.41 Å². The second kappa shape index (κ2) is 7.39. The second-order valence-corrected chi connectivity index (χ2v) is 9.53. The quantitative estimate of drug-likeness (QED) is 0.506. The van der Waals surface area contributed by atoms with Crippen LogP contribution in [0.4, 0.5) is 0 Å². The first-order valence-electron chi connectivity index (χ1n) is 11.5. The van der Waals surface area contributed by atoms with Crippen LogP contribution in [-0.2, 0) is 6.54 Å². The van der Waals surface area contributed by atoms with Crippen LogP contribution in [0.2, 0.25) is 0 Å². The van der Waals surface area contributed by atoms with E-state index in [9.17, 15) is 0 Å². The molecule has 0 N–H and O–H groups in total. The minimum absolute atomic E-state index is 0.331. The third kappa shape index (κ3) is 3.13. The Labute approximate surface area is 185 Å². The topological polar surface area (TPSA) is 12.5 Å². The number of hydrogen-bond donors (Lipinski definition) is 0. The molecular formula is C29H29NO. The van der Waals surface area contributed by atoms with Gasteiger partial charge in [0.1, 0.15) is 5.75 Å². The number of benzene rings is 3. The lowest BCUT2D eigenvalue weighted by Crippen LogP contribution is -2.41. The number of rotatable bonds is 4. The molecule has 0 amide bonds. The van der Waals surface area contributed by atoms with Gasteiger partial charge in [-0.05, 0) is 64.8 Å². The lowest BCUT2D eigenvalue weighted by atomic mass is 9.53. The average molecular weight is 408 g/mol. The van der Waals surface area contributed by atoms with Crippen molar-refractivity contribution in [3.63, 3.8) is 0 Å². The summed E-state index contributed by atoms with van der Waals surface area (Å²) in [5.74, 6) is 1.92. The standard InChI is InChI=1S/C29H29NO/c1-31-24-13-11-22(12-14-24)27-17-23-18-29(28(27)26-10-6-5-9-25(23)26)15-16-30(20-29)19-21-7-3-2-4-8-21/h2-14,17,23,28H,15-16,18-20H2,1H3/t23-,28+,29-/m0/s1. The highest BCUT2D eigenvalue weighted by Crippen LogP contribution is 2.63. The van der Waals surface area contributed by atoms with Gasteiger partial charge in [-0.1, -0.05) is 72.8 Å². The third-order valence-electron chi connectivity index (χ3n) is 7.77. The highest BCUT2D eigenvalue weighted by molar-refractivity contribution is 5.78. The maximum absolute atomic E-state index is 5.41. The van der Waals surface area contributed by atoms with Crippen LogP contribution in [-0.4, -0.2) is 25.1 Å². The summed E-state index contributed by atoms with van der Waals surface area (Å²) in [6.45, 7) is 3.43. The van der Waals surface area contributed by atoms with Crippen molar-refractivity contribution in [2.24, 2.45) is 5.41 Å². The first-order valence-corrected chi connectivity index (χ1v) is 11.5. The van der Waals surface area contributed by atoms with Crippen LogP contribution in [0.5, 0.6) is 5.75 Å². The van der Waals surface area contributed by atoms with E-state index in [1.165, 1.54) is 42.6 Å². The van der Waals surface area contributed by atoms with Crippen LogP contribution in [0.25, 0.3) is 5.57 Å². The van der Waals surface area contributed by atoms with Crippen molar-refractivity contribution < 1.29 is 4.74 Å². The van der Waals surface area contributed by atoms with Crippen molar-refractivity contribution in [1.29, 1.82) is 0 Å². The van der Waals surface area contributed by atoms with Gasteiger partial charge >= 0.3 is 0 Å². The molecule has 2 bridgehead atoms. The van der Waals surface area contributed by atoms with Gasteiger partial charge in [-0.3, -0.25) is 4.90 Å². The predicted molar refractivity (Wildman–Crippen MR) is 126 cm³/mol. The Hall–Kier alpha value is -2.84. The van der Waals surface area contributed by atoms with Gasteiger partial charge in [0.15, 0.2) is 0 Å². The highest BCUT2D eigenvalue weighted by atomic mass is 16.5. The Morgan fingerprint density at radius 1 is 0.903 bits per heavy atom. The maximum Gasteiger partial charge on any atom is 0.118 e. The number of ether oxygens (including phenoxy) is 1. The molecule has 156 valence electrons. The summed E-state index contributed by atoms with van der Waals surface area (Å²) in [6.07, 6.45) is 5.13. The van der Waals surface area contributed by atoms with Gasteiger partial charge in [-0.25, -0.2) is 0 Å². The third-order valence-corrected chi connectivity index (χ3v) is 7.77. The van der Waals surface area contributed by atoms with E-state index in [-0.39, 0.29) is 0 Å². The molecule has 0 unspecified atom stereocenters. The predicted octanol–water partition coefficient (Wildman–Crippen LogP) is 6.26. The van der Waals surface area contributed by atoms with Crippen LogP contribution in [0.3, 0.4) is 0 Å². The first-order chi connectivity index (χ1) is 15.3. The zero-order valence-corrected chi connectivity index (χ0v) is 18.1. The Bertz CT molecular complexity index is 1120. The summed E-state index contributed by atoms with van der Waals surface area (Å²) in [6, 6.07) is 28.8. The largest absolute Gasteiger partial charge is 0.497 e. The van der Waals surface area contributed by atoms with E-state index < -0.39 is 0 Å². The van der Waals surface area contributed by atoms with E-state index in [0.717, 1.165) is 12.3 Å². The van der Waals surface area contributed by atoms with Gasteiger partial charge in [-0.15, -0.1) is 0 Å². The summed E-state index contributed by atoms with van der Waals surface area (Å²) in [5, 5.41) is 0. The first kappa shape index (κ1) is 18.9. The second-order valence-electron chi connectivity index (χ2n) is 9.53. The molecule has 3 atom stereocenters. The Morgan fingerprint density at radius 2 is 1.65 bits per heavy atom. The number of methoxy groups -OCH3 is 1. The maximum atomic E-state index is 5.41. The minimum Gasteiger partial charge on any atom is -0.497 e. The van der Waals surface area contributed by atoms with Gasteiger partial charge in [0, 0.05) is 24.9 Å². The number of likely N-dealkylation sites (tertiary alicyclic amines) is 1. The molecule has 0 radical (unpaired) electrons. The average Bonchev–Trinajstić information content (AvgIpc) is 3.21. The van der Waals surface area contributed by atoms with Crippen molar-refractivity contribution in [2.45, 2.75) is 31.2 Å². The Kier molecular flexibility index (Phi) is 4.50. The lowest BCUT2D eigenvalue weighted by molar-refractivity contribution is 0.191. The summed E-state index contributed by atoms with van der Waals surface area (Å²) >= 11 is 0. The fourth-order valence-corrected chi connectivity index (χ4v) is 6.48. The van der Waals surface area contributed by atoms with E-state index in [0.29, 0.717) is 17.3 Å². The SMILES string of the molecule is COc1ccc(C2=C[C@H]3C[C@]4(CCN(Cc5ccccc5)C4)[C@@H]2c2ccccc23)cc1. The fraction of sp³-hybridized carbons (Fsp3) is 0.310. The molecule has 1 heterocycles. The van der Waals surface area contributed by atoms with Crippen molar-refractivity contribution in [3.8, 4) is 5.75 Å². The zero-order valence-electron chi connectivity index (χ0n) is 18.1. The van der Waals surface area contributed by atoms with Crippen LogP contribution < -0.4 is 4.74 Å². The van der Waals surface area contributed by atoms with Crippen LogP contribution >= 0.6 is 0 Å². The van der Waals surface area contributed by atoms with E-state index in [2.05, 4.69) is 89.8 Å². The monoisotopic (exact) mass is 407 g/mol. The molecule has 1 saturated heterocycles. The molecule has 3 aromatic carbocycles. The van der Waals surface area contributed by atoms with E-state index in [4.69, 9.17) is 4.74 Å². The van der Waals surface area contributed by atoms with E-state index in [1.807, 2.05) is 0 Å². The number of allylic oxidation sites excluding steroid dienone is 2. The molecule has 1 spiro atoms. The van der Waals surface area contributed by atoms with Gasteiger partial charge in [-0.2, -0.15) is 0 Å². The highest BCUT2D eigenvalue weighted by Gasteiger charge is 2.53. The summed E-state index contributed by atoms with van der Waals surface area (Å²) < 4.78 is 5.41. The molecule has 1 fully saturated rings. The number of nitrogens with zero attached hydrogens (tertiary/aromatic N) is 1. The minimum atomic E-state index is 0.331. The Balaban J connectivity index is 1.37. The summed E-state index contributed by atoms with van der Waals surface area (Å²) in [5.41, 5.74) is 7.75. The smallest absolute Gasteiger partial charge is 0.118 e. The molecule has 0 saturated carbocycles. The molecule has 0 aromatic heterocycles. The van der Waals surface area contributed by atoms with E-state index in [1.54, 1.807) is 18.2 Å². The normalized spacial score (nSPS) is 26.7. The zero-order chi connectivity index (χ0) is 20.8. The van der Waals surface area contributed by atoms with E-state index >= 15 is 0 Å². The van der Waals surface area contributed by atoms with Gasteiger partial charge in [0.25, 0.3) is 0 Å².